The van der Waals surface area contributed by atoms with Crippen LogP contribution in [0.5, 0.6) is 0 Å². The van der Waals surface area contributed by atoms with Crippen LogP contribution in [0.2, 0.25) is 0 Å². The summed E-state index contributed by atoms with van der Waals surface area (Å²) in [6, 6.07) is 0. The van der Waals surface area contributed by atoms with Crippen molar-refractivity contribution in [3.8, 4) is 0 Å². The SMILES string of the molecule is CC(C)[O][Al+2].CCCCCCCC/C=C\CCCCCCCCC(CCCCCCCC/C=C\CCCCCCCC)(C(C)=O)C(=O)[O-].CCCCCCCC/C=C\CCCCCCCCC(CCCCCCCC/C=C\CCCCCCCC)(C(C)=O)C(=O)[O-]. The van der Waals surface area contributed by atoms with Crippen LogP contribution < -0.4 is 10.2 Å². The summed E-state index contributed by atoms with van der Waals surface area (Å²) in [5.41, 5.74) is -2.55. The van der Waals surface area contributed by atoms with Gasteiger partial charge in [0.05, 0.1) is 22.8 Å². The summed E-state index contributed by atoms with van der Waals surface area (Å²) >= 11 is 2.19. The summed E-state index contributed by atoms with van der Waals surface area (Å²) in [4.78, 5) is 49.1. The van der Waals surface area contributed by atoms with E-state index in [0.717, 1.165) is 77.0 Å². The molecular weight excluding hydrogens is 1140 g/mol. The number of carboxylic acid groups (broad SMARTS) is 2. The molecule has 0 aromatic carbocycles. The zero-order valence-corrected chi connectivity index (χ0v) is 63.2. The number of allylic oxidation sites excluding steroid dienone is 8. The fourth-order valence-corrected chi connectivity index (χ4v) is 12.3. The summed E-state index contributed by atoms with van der Waals surface area (Å²) in [6.07, 6.45) is 89.5. The first-order valence-electron chi connectivity index (χ1n) is 39.7. The van der Waals surface area contributed by atoms with E-state index in [1.807, 2.05) is 13.8 Å². The molecule has 0 radical (unpaired) electrons. The summed E-state index contributed by atoms with van der Waals surface area (Å²) in [6.45, 7) is 15.9. The molecule has 0 saturated heterocycles. The maximum absolute atomic E-state index is 12.5. The van der Waals surface area contributed by atoms with Crippen molar-refractivity contribution in [1.29, 1.82) is 0 Å². The molecule has 0 fully saturated rings. The number of carboxylic acids is 2. The normalized spacial score (nSPS) is 12.0. The molecule has 0 aromatic heterocycles. The van der Waals surface area contributed by atoms with Gasteiger partial charge in [0.1, 0.15) is 11.6 Å². The van der Waals surface area contributed by atoms with Gasteiger partial charge in [0.2, 0.25) is 0 Å². The third-order valence-electron chi connectivity index (χ3n) is 18.9. The van der Waals surface area contributed by atoms with Crippen LogP contribution in [0.3, 0.4) is 0 Å². The van der Waals surface area contributed by atoms with Gasteiger partial charge in [-0.2, -0.15) is 0 Å². The van der Waals surface area contributed by atoms with Crippen molar-refractivity contribution < 1.29 is 33.2 Å². The third-order valence-corrected chi connectivity index (χ3v) is 19.4. The zero-order chi connectivity index (χ0) is 67.7. The Bertz CT molecular complexity index is 1430. The average Bonchev–Trinajstić information content (AvgIpc) is 1.09. The van der Waals surface area contributed by atoms with E-state index < -0.39 is 22.8 Å². The summed E-state index contributed by atoms with van der Waals surface area (Å²) < 4.78 is 4.67. The van der Waals surface area contributed by atoms with E-state index in [9.17, 15) is 29.4 Å². The molecule has 0 unspecified atom stereocenters. The standard InChI is InChI=1S/2C40H74O3.C3H7O.Al/c2*1-4-6-8-10-12-14-16-18-20-22-24-26-28-30-32-34-36-40(38(3)41,39(42)43)37-35-33-31-29-27-25-23-21-19-17-15-13-11-9-7-5-2;1-3(2)4;/h2*18-21H,4-17,22-37H2,1-3H3,(H,42,43);3H,1-2H3;/q;;-1;+3/p-2/b2*20-18-,21-19-;;. The molecule has 530 valence electrons. The molecule has 0 rings (SSSR count). The Morgan fingerprint density at radius 1 is 0.286 bits per heavy atom. The van der Waals surface area contributed by atoms with E-state index in [1.54, 1.807) is 0 Å². The molecule has 0 N–H and O–H groups in total. The summed E-state index contributed by atoms with van der Waals surface area (Å²) in [7, 11) is 0. The van der Waals surface area contributed by atoms with Gasteiger partial charge in [-0.3, -0.25) is 9.59 Å². The maximum atomic E-state index is 12.5. The zero-order valence-electron chi connectivity index (χ0n) is 62.1. The molecule has 0 aromatic rings. The van der Waals surface area contributed by atoms with E-state index in [4.69, 9.17) is 0 Å². The van der Waals surface area contributed by atoms with Gasteiger partial charge in [-0.1, -0.05) is 333 Å². The summed E-state index contributed by atoms with van der Waals surface area (Å²) in [5, 5.41) is 24.2. The predicted octanol–water partition coefficient (Wildman–Crippen LogP) is 24.8. The van der Waals surface area contributed by atoms with Crippen LogP contribution >= 0.6 is 0 Å². The predicted molar refractivity (Wildman–Crippen MR) is 394 cm³/mol. The fourth-order valence-electron chi connectivity index (χ4n) is 12.3. The number of aliphatic carboxylic acids is 2. The molecule has 0 aliphatic heterocycles. The smallest absolute Gasteiger partial charge is 0.141 e. The van der Waals surface area contributed by atoms with Crippen LogP contribution in [0, 0.1) is 10.8 Å². The van der Waals surface area contributed by atoms with E-state index in [0.29, 0.717) is 31.8 Å². The summed E-state index contributed by atoms with van der Waals surface area (Å²) in [5.74, 6) is -2.73. The van der Waals surface area contributed by atoms with Crippen molar-refractivity contribution in [3.05, 3.63) is 48.6 Å². The number of carbonyl (C=O) groups excluding carboxylic acids is 4. The molecule has 0 spiro atoms. The molecule has 0 atom stereocenters. The Morgan fingerprint density at radius 3 is 0.538 bits per heavy atom. The Kier molecular flexibility index (Phi) is 76.7. The van der Waals surface area contributed by atoms with Gasteiger partial charge in [0, 0.05) is 0 Å². The average molecular weight is 1290 g/mol. The first kappa shape index (κ1) is 92.9. The molecule has 0 amide bonds. The van der Waals surface area contributed by atoms with E-state index in [1.165, 1.54) is 296 Å². The monoisotopic (exact) mass is 1290 g/mol. The number of ketones is 2. The van der Waals surface area contributed by atoms with Crippen LogP contribution in [0.25, 0.3) is 0 Å². The second-order valence-corrected chi connectivity index (χ2v) is 28.1. The van der Waals surface area contributed by atoms with Crippen LogP contribution in [-0.4, -0.2) is 46.2 Å². The second-order valence-electron chi connectivity index (χ2n) is 27.8. The molecule has 0 saturated carbocycles. The van der Waals surface area contributed by atoms with Crippen molar-refractivity contribution >= 4 is 40.1 Å². The molecule has 0 heterocycles. The van der Waals surface area contributed by atoms with Gasteiger partial charge < -0.3 is 19.8 Å². The third kappa shape index (κ3) is 64.8. The maximum Gasteiger partial charge on any atom is 0.141 e. The molecule has 7 nitrogen and oxygen atoms in total. The second kappa shape index (κ2) is 75.1. The Balaban J connectivity index is -0.00000158. The minimum atomic E-state index is -1.28. The van der Waals surface area contributed by atoms with E-state index in [2.05, 4.69) is 96.7 Å². The Labute approximate surface area is 576 Å². The van der Waals surface area contributed by atoms with Crippen molar-refractivity contribution in [1.82, 2.24) is 0 Å². The van der Waals surface area contributed by atoms with E-state index >= 15 is 0 Å². The van der Waals surface area contributed by atoms with Crippen LogP contribution in [-0.2, 0) is 23.0 Å². The number of hydrogen-bond acceptors (Lipinski definition) is 7. The molecule has 91 heavy (non-hydrogen) atoms. The Hall–Kier alpha value is -2.27. The van der Waals surface area contributed by atoms with Crippen molar-refractivity contribution in [2.75, 3.05) is 0 Å². The first-order chi connectivity index (χ1) is 44.3. The van der Waals surface area contributed by atoms with Crippen LogP contribution in [0.1, 0.15) is 441 Å². The van der Waals surface area contributed by atoms with E-state index in [-0.39, 0.29) is 11.6 Å². The number of hydrogen-bond donors (Lipinski definition) is 0. The minimum Gasteiger partial charge on any atom is -0.549 e. The van der Waals surface area contributed by atoms with Gasteiger partial charge in [-0.15, -0.1) is 0 Å². The van der Waals surface area contributed by atoms with Gasteiger partial charge in [0.25, 0.3) is 0 Å². The van der Waals surface area contributed by atoms with Crippen LogP contribution in [0.4, 0.5) is 0 Å². The van der Waals surface area contributed by atoms with Gasteiger partial charge in [-0.25, -0.2) is 0 Å². The van der Waals surface area contributed by atoms with Crippen molar-refractivity contribution in [2.24, 2.45) is 10.8 Å². The molecular formula is C83H153AlO7. The molecule has 0 aliphatic rings. The first-order valence-corrected chi connectivity index (χ1v) is 40.2. The van der Waals surface area contributed by atoms with Crippen molar-refractivity contribution in [3.63, 3.8) is 0 Å². The Morgan fingerprint density at radius 2 is 0.418 bits per heavy atom. The molecule has 0 aliphatic carbocycles. The number of Topliss-reactive ketones (excluding diaryl/α,β-unsaturated/α-hetero) is 2. The van der Waals surface area contributed by atoms with Crippen LogP contribution in [0.15, 0.2) is 48.6 Å². The minimum absolute atomic E-state index is 0.215. The van der Waals surface area contributed by atoms with Gasteiger partial charge in [-0.05, 0) is 142 Å². The van der Waals surface area contributed by atoms with Gasteiger partial charge >= 0.3 is 40.4 Å². The molecule has 0 bridgehead atoms. The number of carbonyl (C=O) groups is 4. The van der Waals surface area contributed by atoms with Gasteiger partial charge in [0.15, 0.2) is 0 Å². The largest absolute Gasteiger partial charge is 0.549 e. The number of rotatable bonds is 69. The quantitative estimate of drug-likeness (QED) is 0.0257. The molecule has 8 heteroatoms. The van der Waals surface area contributed by atoms with Crippen molar-refractivity contribution in [2.45, 2.75) is 447 Å². The fraction of sp³-hybridized carbons (Fsp3) is 0.855. The topological polar surface area (TPSA) is 124 Å². The number of unbranched alkanes of at least 4 members (excludes halogenated alkanes) is 48.